The first-order valence-electron chi connectivity index (χ1n) is 25.7. The van der Waals surface area contributed by atoms with Gasteiger partial charge < -0.3 is 66.0 Å². The predicted octanol–water partition coefficient (Wildman–Crippen LogP) is 2.75. The van der Waals surface area contributed by atoms with Crippen molar-refractivity contribution in [2.24, 2.45) is 11.8 Å². The molecule has 9 atom stereocenters. The molecule has 2 aliphatic carbocycles. The van der Waals surface area contributed by atoms with Gasteiger partial charge in [0.2, 0.25) is 17.6 Å². The van der Waals surface area contributed by atoms with E-state index in [4.69, 9.17) is 24.7 Å². The summed E-state index contributed by atoms with van der Waals surface area (Å²) in [7, 11) is 3.43. The molecule has 2 amide bonds. The number of methoxy groups -OCH3 is 1. The Labute approximate surface area is 473 Å². The first kappa shape index (κ1) is 60.1. The summed E-state index contributed by atoms with van der Waals surface area (Å²) in [5.74, 6) is -10.3. The van der Waals surface area contributed by atoms with Crippen LogP contribution in [0.15, 0.2) is 53.5 Å². The number of nitrogens with two attached hydrogens (primary N) is 1. The standard InChI is InChI=1S/C54H57N7O19S2/c1-22(62)37-33(64)18-29-39(47(70)41-40(45(29)68)44(67)28-5-4-6-34(77-3)38(28)46(41)69)48(37)80-36-19-30(43(66)23(2)79-36)59-54(76)78-15-16-81-82-21-31(52(74)75)58-35(65)14-12-26(51(72)73)17-32(63)25-10-7-24(8-11-25)9-13-27-20-56-49-42(57-27)50(71)61-53(55)60-49/h4-8,10-11,20,23,26,30-31,33,36-37,43,48,64,66,68,70H,9,12-19,21H2,1-3H3,(H,58,65)(H,59,76)(H,72,73)(H,74,75)(H3,55,56,60,61,71)/t23?,26?,30?,31?,33-,36?,37+,43?,48?/m0/s1. The molecule has 3 aromatic carbocycles. The number of phenolic OH excluding ortho intramolecular Hbond substituents is 2. The molecule has 3 aliphatic rings. The third kappa shape index (κ3) is 13.2. The number of carboxylic acid groups (broad SMARTS) is 2. The number of Topliss-reactive ketones (excluding diaryl/α,β-unsaturated/α-hetero) is 2. The first-order chi connectivity index (χ1) is 39.1. The molecule has 0 spiro atoms. The van der Waals surface area contributed by atoms with Crippen LogP contribution < -0.4 is 26.7 Å². The molecular formula is C54H57N7O19S2. The summed E-state index contributed by atoms with van der Waals surface area (Å²) >= 11 is 0. The maximum Gasteiger partial charge on any atom is 0.407 e. The topological polar surface area (TPSA) is 416 Å². The summed E-state index contributed by atoms with van der Waals surface area (Å²) in [5, 5.41) is 70.4. The number of benzene rings is 3. The van der Waals surface area contributed by atoms with E-state index in [2.05, 4.69) is 30.6 Å². The SMILES string of the molecule is COc1cccc2c1C(=O)c1c(O)c3c(c(O)c1C2=O)C[C@H](O)[C@@H](C(C)=O)C3OC1CC(NC(=O)OCCSSCC(NC(=O)CCC(CC(=O)c2ccc(CCc3cnc4nc(N)[nH]c(=O)c4n3)cc2)C(=O)O)C(=O)O)C(O)C(C)O1. The average Bonchev–Trinajstić information content (AvgIpc) is 1.83. The zero-order valence-corrected chi connectivity index (χ0v) is 45.7. The van der Waals surface area contributed by atoms with E-state index in [1.165, 1.54) is 45.4 Å². The fraction of sp³-hybridized carbons (Fsp3) is 0.407. The Morgan fingerprint density at radius 2 is 1.66 bits per heavy atom. The van der Waals surface area contributed by atoms with Crippen molar-refractivity contribution < 1.29 is 87.9 Å². The quantitative estimate of drug-likeness (QED) is 0.0191. The number of ether oxygens (including phenoxy) is 4. The molecule has 8 rings (SSSR count). The number of carboxylic acids is 2. The molecule has 5 aromatic rings. The van der Waals surface area contributed by atoms with Gasteiger partial charge in [0, 0.05) is 59.4 Å². The number of aliphatic carboxylic acids is 2. The van der Waals surface area contributed by atoms with Crippen LogP contribution in [0.5, 0.6) is 17.2 Å². The molecule has 0 bridgehead atoms. The van der Waals surface area contributed by atoms with E-state index in [0.29, 0.717) is 18.5 Å². The number of carbonyl (C=O) groups is 8. The number of aromatic amines is 1. The largest absolute Gasteiger partial charge is 0.507 e. The minimum Gasteiger partial charge on any atom is -0.507 e. The van der Waals surface area contributed by atoms with Crippen molar-refractivity contribution in [1.29, 1.82) is 0 Å². The van der Waals surface area contributed by atoms with Crippen LogP contribution in [0, 0.1) is 11.8 Å². The number of amides is 2. The zero-order chi connectivity index (χ0) is 59.3. The molecule has 0 saturated carbocycles. The first-order valence-corrected chi connectivity index (χ1v) is 28.2. The number of fused-ring (bicyclic) bond motifs is 4. The van der Waals surface area contributed by atoms with Gasteiger partial charge in [-0.05, 0) is 44.7 Å². The van der Waals surface area contributed by atoms with Gasteiger partial charge in [0.15, 0.2) is 29.0 Å². The van der Waals surface area contributed by atoms with Crippen molar-refractivity contribution in [3.05, 3.63) is 109 Å². The van der Waals surface area contributed by atoms with E-state index in [1.807, 2.05) is 0 Å². The number of nitrogen functional groups attached to an aromatic ring is 1. The molecule has 1 saturated heterocycles. The third-order valence-corrected chi connectivity index (χ3v) is 16.6. The maximum atomic E-state index is 14.0. The van der Waals surface area contributed by atoms with Crippen LogP contribution in [0.2, 0.25) is 0 Å². The number of aromatic hydroxyl groups is 2. The Kier molecular flexibility index (Phi) is 18.9. The van der Waals surface area contributed by atoms with Gasteiger partial charge in [0.1, 0.15) is 47.9 Å². The highest BCUT2D eigenvalue weighted by Gasteiger charge is 2.49. The monoisotopic (exact) mass is 1170 g/mol. The number of carbonyl (C=O) groups excluding carboxylic acids is 6. The van der Waals surface area contributed by atoms with Crippen LogP contribution in [-0.4, -0.2) is 160 Å². The molecule has 1 aliphatic heterocycles. The second-order valence-electron chi connectivity index (χ2n) is 19.7. The Hall–Kier alpha value is -8.02. The second kappa shape index (κ2) is 25.8. The molecule has 434 valence electrons. The molecule has 11 N–H and O–H groups in total. The number of rotatable bonds is 23. The van der Waals surface area contributed by atoms with Crippen molar-refractivity contribution in [3.8, 4) is 17.2 Å². The van der Waals surface area contributed by atoms with E-state index in [1.54, 1.807) is 24.3 Å². The number of hydrogen-bond acceptors (Lipinski definition) is 23. The summed E-state index contributed by atoms with van der Waals surface area (Å²) in [6.07, 6.45) is -7.18. The second-order valence-corrected chi connectivity index (χ2v) is 22.3. The van der Waals surface area contributed by atoms with Gasteiger partial charge in [-0.3, -0.25) is 38.5 Å². The zero-order valence-electron chi connectivity index (χ0n) is 44.1. The lowest BCUT2D eigenvalue weighted by molar-refractivity contribution is -0.253. The van der Waals surface area contributed by atoms with E-state index in [9.17, 15) is 73.8 Å². The lowest BCUT2D eigenvalue weighted by atomic mass is 9.72. The molecule has 3 heterocycles. The van der Waals surface area contributed by atoms with E-state index in [-0.39, 0.29) is 81.6 Å². The third-order valence-electron chi connectivity index (χ3n) is 14.3. The van der Waals surface area contributed by atoms with Crippen LogP contribution in [0.4, 0.5) is 10.7 Å². The molecule has 1 fully saturated rings. The number of phenols is 2. The van der Waals surface area contributed by atoms with Crippen LogP contribution in [0.1, 0.15) is 110 Å². The maximum absolute atomic E-state index is 14.0. The number of anilines is 1. The van der Waals surface area contributed by atoms with Crippen molar-refractivity contribution in [3.63, 3.8) is 0 Å². The van der Waals surface area contributed by atoms with Crippen LogP contribution in [-0.2, 0) is 52.7 Å². The smallest absolute Gasteiger partial charge is 0.407 e. The molecule has 28 heteroatoms. The Bertz CT molecular complexity index is 3420. The van der Waals surface area contributed by atoms with Crippen molar-refractivity contribution >= 4 is 85.8 Å². The molecule has 26 nitrogen and oxygen atoms in total. The van der Waals surface area contributed by atoms with Crippen LogP contribution >= 0.6 is 21.6 Å². The summed E-state index contributed by atoms with van der Waals surface area (Å²) < 4.78 is 22.8. The van der Waals surface area contributed by atoms with Gasteiger partial charge in [-0.1, -0.05) is 58.0 Å². The number of ketones is 4. The van der Waals surface area contributed by atoms with E-state index in [0.717, 1.165) is 27.2 Å². The van der Waals surface area contributed by atoms with Gasteiger partial charge in [-0.25, -0.2) is 19.6 Å². The minimum absolute atomic E-state index is 0.0304. The highest BCUT2D eigenvalue weighted by molar-refractivity contribution is 8.76. The van der Waals surface area contributed by atoms with Crippen LogP contribution in [0.25, 0.3) is 11.2 Å². The number of aromatic nitrogens is 4. The number of nitrogens with one attached hydrogen (secondary N) is 3. The molecular weight excluding hydrogens is 1110 g/mol. The number of hydrogen-bond donors (Lipinski definition) is 10. The molecule has 7 unspecified atom stereocenters. The fourth-order valence-corrected chi connectivity index (χ4v) is 12.1. The van der Waals surface area contributed by atoms with E-state index < -0.39 is 149 Å². The van der Waals surface area contributed by atoms with Gasteiger partial charge in [-0.15, -0.1) is 0 Å². The normalized spacial score (nSPS) is 20.8. The van der Waals surface area contributed by atoms with Gasteiger partial charge in [0.25, 0.3) is 5.56 Å². The lowest BCUT2D eigenvalue weighted by Crippen LogP contribution is -2.56. The Balaban J connectivity index is 0.785. The summed E-state index contributed by atoms with van der Waals surface area (Å²) in [4.78, 5) is 131. The van der Waals surface area contributed by atoms with Gasteiger partial charge in [-0.2, -0.15) is 4.98 Å². The van der Waals surface area contributed by atoms with Gasteiger partial charge in [0.05, 0.1) is 65.8 Å². The molecule has 0 radical (unpaired) electrons. The number of H-pyrrole nitrogens is 1. The van der Waals surface area contributed by atoms with Crippen molar-refractivity contribution in [2.45, 2.75) is 102 Å². The number of nitrogens with zero attached hydrogens (tertiary/aromatic N) is 3. The highest BCUT2D eigenvalue weighted by Crippen LogP contribution is 2.52. The number of aryl methyl sites for hydroxylation is 2. The minimum atomic E-state index is -1.59. The van der Waals surface area contributed by atoms with Crippen molar-refractivity contribution in [1.82, 2.24) is 30.6 Å². The Morgan fingerprint density at radius 3 is 2.35 bits per heavy atom. The summed E-state index contributed by atoms with van der Waals surface area (Å²) in [6, 6.07) is 8.30. The highest BCUT2D eigenvalue weighted by atomic mass is 33.1. The van der Waals surface area contributed by atoms with Crippen molar-refractivity contribution in [2.75, 3.05) is 31.0 Å². The lowest BCUT2D eigenvalue weighted by Gasteiger charge is -2.42. The Morgan fingerprint density at radius 1 is 0.927 bits per heavy atom. The van der Waals surface area contributed by atoms with Gasteiger partial charge >= 0.3 is 18.0 Å². The summed E-state index contributed by atoms with van der Waals surface area (Å²) in [5.41, 5.74) is 5.09. The summed E-state index contributed by atoms with van der Waals surface area (Å²) in [6.45, 7) is 2.44. The predicted molar refractivity (Wildman–Crippen MR) is 291 cm³/mol. The van der Waals surface area contributed by atoms with Crippen LogP contribution in [0.3, 0.4) is 0 Å². The number of aliphatic hydroxyl groups excluding tert-OH is 2. The average molecular weight is 1170 g/mol. The molecule has 82 heavy (non-hydrogen) atoms. The number of alkyl carbamates (subject to hydrolysis) is 1. The molecule has 2 aromatic heterocycles. The fourth-order valence-electron chi connectivity index (χ4n) is 10.1. The van der Waals surface area contributed by atoms with E-state index >= 15 is 0 Å². The number of aliphatic hydroxyl groups is 2.